The van der Waals surface area contributed by atoms with Crippen LogP contribution in [0.3, 0.4) is 0 Å². The van der Waals surface area contributed by atoms with E-state index >= 15 is 0 Å². The molecule has 0 aliphatic rings. The van der Waals surface area contributed by atoms with Crippen molar-refractivity contribution >= 4 is 5.91 Å². The number of aromatic amines is 1. The molecule has 0 aliphatic heterocycles. The molecule has 1 rings (SSSR count). The molecule has 4 nitrogen and oxygen atoms in total. The number of hydrogen-bond donors (Lipinski definition) is 2. The highest BCUT2D eigenvalue weighted by molar-refractivity contribution is 5.72. The minimum absolute atomic E-state index is 0.00418. The molecule has 0 saturated heterocycles. The number of H-pyrrole nitrogens is 1. The van der Waals surface area contributed by atoms with Crippen LogP contribution >= 0.6 is 0 Å². The van der Waals surface area contributed by atoms with Crippen molar-refractivity contribution in [2.75, 3.05) is 6.54 Å². The summed E-state index contributed by atoms with van der Waals surface area (Å²) in [5, 5.41) is 2.70. The third-order valence-electron chi connectivity index (χ3n) is 1.32. The van der Waals surface area contributed by atoms with Crippen LogP contribution in [-0.2, 0) is 11.2 Å². The molecule has 0 aliphatic carbocycles. The monoisotopic (exact) mass is 183 g/mol. The zero-order chi connectivity index (χ0) is 10.1. The Hall–Kier alpha value is -1.32. The van der Waals surface area contributed by atoms with Gasteiger partial charge in [0, 0.05) is 31.8 Å². The van der Waals surface area contributed by atoms with E-state index in [1.807, 2.05) is 13.8 Å². The largest absolute Gasteiger partial charge is 0.356 e. The summed E-state index contributed by atoms with van der Waals surface area (Å²) in [5.74, 6) is 0.00418. The lowest BCUT2D eigenvalue weighted by molar-refractivity contribution is -0.118. The van der Waals surface area contributed by atoms with E-state index < -0.39 is 0 Å². The second-order valence-corrected chi connectivity index (χ2v) is 2.31. The molecule has 0 fully saturated rings. The number of rotatable bonds is 3. The van der Waals surface area contributed by atoms with Crippen molar-refractivity contribution < 1.29 is 4.79 Å². The van der Waals surface area contributed by atoms with Gasteiger partial charge in [-0.25, -0.2) is 4.98 Å². The number of amides is 1. The zero-order valence-electron chi connectivity index (χ0n) is 8.42. The molecular weight excluding hydrogens is 166 g/mol. The number of nitrogens with one attached hydrogen (secondary N) is 2. The fourth-order valence-electron chi connectivity index (χ4n) is 0.795. The van der Waals surface area contributed by atoms with Crippen molar-refractivity contribution in [3.05, 3.63) is 18.2 Å². The van der Waals surface area contributed by atoms with Gasteiger partial charge in [-0.2, -0.15) is 0 Å². The molecule has 4 heteroatoms. The van der Waals surface area contributed by atoms with Gasteiger partial charge in [-0.15, -0.1) is 0 Å². The molecule has 0 saturated carbocycles. The van der Waals surface area contributed by atoms with Crippen LogP contribution in [0.5, 0.6) is 0 Å². The predicted molar refractivity (Wildman–Crippen MR) is 52.3 cm³/mol. The molecule has 74 valence electrons. The van der Waals surface area contributed by atoms with E-state index in [1.54, 1.807) is 12.5 Å². The van der Waals surface area contributed by atoms with Crippen LogP contribution in [0.1, 0.15) is 26.5 Å². The van der Waals surface area contributed by atoms with Crippen LogP contribution < -0.4 is 5.32 Å². The summed E-state index contributed by atoms with van der Waals surface area (Å²) in [4.78, 5) is 17.2. The first-order chi connectivity index (χ1) is 6.29. The Morgan fingerprint density at radius 1 is 1.62 bits per heavy atom. The van der Waals surface area contributed by atoms with Gasteiger partial charge >= 0.3 is 0 Å². The standard InChI is InChI=1S/C7H11N3O.C2H6/c1-6(11)9-3-2-7-4-8-5-10-7;1-2/h4-5H,2-3H2,1H3,(H,8,10)(H,9,11);1-2H3. The van der Waals surface area contributed by atoms with E-state index in [-0.39, 0.29) is 5.91 Å². The first-order valence-electron chi connectivity index (χ1n) is 4.50. The lowest BCUT2D eigenvalue weighted by atomic mass is 10.3. The molecular formula is C9H17N3O. The van der Waals surface area contributed by atoms with Gasteiger partial charge in [0.25, 0.3) is 0 Å². The van der Waals surface area contributed by atoms with Crippen molar-refractivity contribution in [3.8, 4) is 0 Å². The average molecular weight is 183 g/mol. The molecule has 2 N–H and O–H groups in total. The summed E-state index contributed by atoms with van der Waals surface area (Å²) < 4.78 is 0. The minimum atomic E-state index is 0.00418. The topological polar surface area (TPSA) is 57.8 Å². The first-order valence-corrected chi connectivity index (χ1v) is 4.50. The highest BCUT2D eigenvalue weighted by atomic mass is 16.1. The van der Waals surface area contributed by atoms with E-state index in [9.17, 15) is 4.79 Å². The summed E-state index contributed by atoms with van der Waals surface area (Å²) >= 11 is 0. The Balaban J connectivity index is 0.000000671. The maximum absolute atomic E-state index is 10.4. The molecule has 1 amide bonds. The summed E-state index contributed by atoms with van der Waals surface area (Å²) in [5.41, 5.74) is 1.04. The fraction of sp³-hybridized carbons (Fsp3) is 0.556. The van der Waals surface area contributed by atoms with Gasteiger partial charge in [0.2, 0.25) is 5.91 Å². The molecule has 0 atom stereocenters. The van der Waals surface area contributed by atoms with E-state index in [2.05, 4.69) is 15.3 Å². The molecule has 0 aromatic carbocycles. The lowest BCUT2D eigenvalue weighted by Crippen LogP contribution is -2.22. The predicted octanol–water partition coefficient (Wildman–Crippen LogP) is 1.11. The van der Waals surface area contributed by atoms with Gasteiger partial charge in [-0.05, 0) is 0 Å². The average Bonchev–Trinajstić information content (AvgIpc) is 2.60. The first kappa shape index (κ1) is 11.7. The highest BCUT2D eigenvalue weighted by Gasteiger charge is 1.93. The fourth-order valence-corrected chi connectivity index (χ4v) is 0.795. The number of carbonyl (C=O) groups is 1. The van der Waals surface area contributed by atoms with Crippen molar-refractivity contribution in [3.63, 3.8) is 0 Å². The molecule has 0 radical (unpaired) electrons. The second-order valence-electron chi connectivity index (χ2n) is 2.31. The number of hydrogen-bond acceptors (Lipinski definition) is 2. The molecule has 0 bridgehead atoms. The van der Waals surface area contributed by atoms with Crippen LogP contribution in [0.4, 0.5) is 0 Å². The minimum Gasteiger partial charge on any atom is -0.356 e. The summed E-state index contributed by atoms with van der Waals surface area (Å²) in [6.45, 7) is 6.17. The Labute approximate surface area is 78.8 Å². The van der Waals surface area contributed by atoms with E-state index in [0.29, 0.717) is 6.54 Å². The van der Waals surface area contributed by atoms with Crippen LogP contribution in [0.25, 0.3) is 0 Å². The van der Waals surface area contributed by atoms with Crippen molar-refractivity contribution in [2.45, 2.75) is 27.2 Å². The molecule has 0 spiro atoms. The number of nitrogens with zero attached hydrogens (tertiary/aromatic N) is 1. The number of carbonyl (C=O) groups excluding carboxylic acids is 1. The quantitative estimate of drug-likeness (QED) is 0.737. The lowest BCUT2D eigenvalue weighted by Gasteiger charge is -1.98. The van der Waals surface area contributed by atoms with Gasteiger partial charge in [-0.3, -0.25) is 4.79 Å². The normalized spacial score (nSPS) is 8.54. The Bertz CT molecular complexity index is 219. The van der Waals surface area contributed by atoms with Gasteiger partial charge in [-0.1, -0.05) is 13.8 Å². The van der Waals surface area contributed by atoms with Crippen LogP contribution in [-0.4, -0.2) is 22.4 Å². The van der Waals surface area contributed by atoms with Crippen LogP contribution in [0.2, 0.25) is 0 Å². The number of imidazole rings is 1. The van der Waals surface area contributed by atoms with Gasteiger partial charge in [0.1, 0.15) is 0 Å². The van der Waals surface area contributed by atoms with E-state index in [1.165, 1.54) is 6.92 Å². The zero-order valence-corrected chi connectivity index (χ0v) is 8.42. The van der Waals surface area contributed by atoms with Crippen molar-refractivity contribution in [1.29, 1.82) is 0 Å². The third kappa shape index (κ3) is 5.90. The SMILES string of the molecule is CC.CC(=O)NCCc1cnc[nH]1. The Morgan fingerprint density at radius 3 is 2.77 bits per heavy atom. The Kier molecular flexibility index (Phi) is 6.59. The maximum atomic E-state index is 10.4. The number of aromatic nitrogens is 2. The molecule has 1 aromatic rings. The Morgan fingerprint density at radius 2 is 2.31 bits per heavy atom. The second kappa shape index (κ2) is 7.34. The van der Waals surface area contributed by atoms with Gasteiger partial charge < -0.3 is 10.3 Å². The molecule has 1 aromatic heterocycles. The van der Waals surface area contributed by atoms with Crippen LogP contribution in [0, 0.1) is 0 Å². The molecule has 1 heterocycles. The molecule has 13 heavy (non-hydrogen) atoms. The van der Waals surface area contributed by atoms with E-state index in [0.717, 1.165) is 12.1 Å². The molecule has 0 unspecified atom stereocenters. The summed E-state index contributed by atoms with van der Waals surface area (Å²) in [6.07, 6.45) is 4.19. The van der Waals surface area contributed by atoms with Gasteiger partial charge in [0.05, 0.1) is 6.33 Å². The highest BCUT2D eigenvalue weighted by Crippen LogP contribution is 1.89. The van der Waals surface area contributed by atoms with Crippen molar-refractivity contribution in [2.24, 2.45) is 0 Å². The van der Waals surface area contributed by atoms with Gasteiger partial charge in [0.15, 0.2) is 0 Å². The maximum Gasteiger partial charge on any atom is 0.216 e. The van der Waals surface area contributed by atoms with E-state index in [4.69, 9.17) is 0 Å². The summed E-state index contributed by atoms with van der Waals surface area (Å²) in [7, 11) is 0. The van der Waals surface area contributed by atoms with Crippen molar-refractivity contribution in [1.82, 2.24) is 15.3 Å². The van der Waals surface area contributed by atoms with Crippen LogP contribution in [0.15, 0.2) is 12.5 Å². The smallest absolute Gasteiger partial charge is 0.216 e. The summed E-state index contributed by atoms with van der Waals surface area (Å²) in [6, 6.07) is 0. The third-order valence-corrected chi connectivity index (χ3v) is 1.32.